The predicted octanol–water partition coefficient (Wildman–Crippen LogP) is 2.16. The van der Waals surface area contributed by atoms with Crippen LogP contribution in [0.5, 0.6) is 5.75 Å². The van der Waals surface area contributed by atoms with Crippen molar-refractivity contribution < 1.29 is 23.8 Å². The van der Waals surface area contributed by atoms with Gasteiger partial charge in [0.25, 0.3) is 5.91 Å². The molecule has 1 aromatic rings. The number of benzene rings is 1. The quantitative estimate of drug-likeness (QED) is 0.919. The number of halogens is 1. The van der Waals surface area contributed by atoms with Crippen LogP contribution in [-0.2, 0) is 4.79 Å². The average molecular weight is 283 g/mol. The van der Waals surface area contributed by atoms with E-state index in [0.29, 0.717) is 0 Å². The molecule has 1 rings (SSSR count). The van der Waals surface area contributed by atoms with Crippen LogP contribution in [0.4, 0.5) is 4.39 Å². The topological polar surface area (TPSA) is 66.8 Å². The number of carboxylic acids is 1. The molecule has 0 unspecified atom stereocenters. The molecule has 110 valence electrons. The Morgan fingerprint density at radius 3 is 2.40 bits per heavy atom. The molecule has 0 bridgehead atoms. The largest absolute Gasteiger partial charge is 0.496 e. The maximum absolute atomic E-state index is 13.9. The molecule has 0 aliphatic carbocycles. The van der Waals surface area contributed by atoms with Crippen molar-refractivity contribution in [3.8, 4) is 5.75 Å². The maximum atomic E-state index is 13.9. The zero-order valence-corrected chi connectivity index (χ0v) is 11.9. The fourth-order valence-electron chi connectivity index (χ4n) is 1.77. The first kappa shape index (κ1) is 15.9. The summed E-state index contributed by atoms with van der Waals surface area (Å²) in [7, 11) is 1.32. The Hall–Kier alpha value is -2.11. The number of aliphatic carboxylic acids is 1. The molecule has 1 amide bonds. The van der Waals surface area contributed by atoms with E-state index in [1.165, 1.54) is 19.2 Å². The molecule has 6 heteroatoms. The van der Waals surface area contributed by atoms with Gasteiger partial charge in [-0.05, 0) is 32.9 Å². The third kappa shape index (κ3) is 3.46. The van der Waals surface area contributed by atoms with Gasteiger partial charge >= 0.3 is 5.97 Å². The van der Waals surface area contributed by atoms with Crippen molar-refractivity contribution >= 4 is 11.9 Å². The van der Waals surface area contributed by atoms with E-state index in [9.17, 15) is 14.0 Å². The van der Waals surface area contributed by atoms with Gasteiger partial charge in [0, 0.05) is 5.54 Å². The number of carbonyl (C=O) groups is 2. The lowest BCUT2D eigenvalue weighted by Crippen LogP contribution is -2.48. The molecule has 0 atom stereocenters. The Balaban J connectivity index is 3.29. The minimum atomic E-state index is -1.16. The van der Waals surface area contributed by atoms with E-state index >= 15 is 0 Å². The molecule has 0 fully saturated rings. The normalized spacial score (nSPS) is 11.1. The van der Waals surface area contributed by atoms with Crippen molar-refractivity contribution in [1.29, 1.82) is 0 Å². The molecule has 1 N–H and O–H groups in total. The summed E-state index contributed by atoms with van der Waals surface area (Å²) in [4.78, 5) is 24.5. The van der Waals surface area contributed by atoms with Gasteiger partial charge in [-0.25, -0.2) is 4.39 Å². The van der Waals surface area contributed by atoms with Crippen LogP contribution in [0.25, 0.3) is 0 Å². The fourth-order valence-corrected chi connectivity index (χ4v) is 1.77. The van der Waals surface area contributed by atoms with Crippen LogP contribution in [-0.4, -0.2) is 41.1 Å². The van der Waals surface area contributed by atoms with Gasteiger partial charge in [-0.3, -0.25) is 9.59 Å². The fraction of sp³-hybridized carbons (Fsp3) is 0.429. The number of hydrogen-bond acceptors (Lipinski definition) is 3. The lowest BCUT2D eigenvalue weighted by atomic mass is 10.0. The van der Waals surface area contributed by atoms with E-state index < -0.39 is 29.8 Å². The van der Waals surface area contributed by atoms with Gasteiger partial charge in [0.15, 0.2) is 0 Å². The monoisotopic (exact) mass is 283 g/mol. The Bertz CT molecular complexity index is 522. The van der Waals surface area contributed by atoms with Gasteiger partial charge in [0.2, 0.25) is 0 Å². The van der Waals surface area contributed by atoms with Crippen LogP contribution in [0.3, 0.4) is 0 Å². The van der Waals surface area contributed by atoms with E-state index in [4.69, 9.17) is 9.84 Å². The Labute approximate surface area is 117 Å². The second-order valence-electron chi connectivity index (χ2n) is 5.27. The first-order valence-corrected chi connectivity index (χ1v) is 6.04. The first-order valence-electron chi connectivity index (χ1n) is 6.04. The van der Waals surface area contributed by atoms with Crippen LogP contribution in [0.15, 0.2) is 18.2 Å². The zero-order chi connectivity index (χ0) is 15.5. The molecule has 0 aromatic heterocycles. The number of nitrogens with zero attached hydrogens (tertiary/aromatic N) is 1. The smallest absolute Gasteiger partial charge is 0.323 e. The number of rotatable bonds is 4. The van der Waals surface area contributed by atoms with Crippen molar-refractivity contribution in [2.24, 2.45) is 0 Å². The number of hydrogen-bond donors (Lipinski definition) is 1. The third-order valence-corrected chi connectivity index (χ3v) is 2.76. The number of carbonyl (C=O) groups excluding carboxylic acids is 1. The van der Waals surface area contributed by atoms with Crippen molar-refractivity contribution in [3.05, 3.63) is 29.6 Å². The molecule has 0 spiro atoms. The number of carboxylic acid groups (broad SMARTS) is 1. The summed E-state index contributed by atoms with van der Waals surface area (Å²) in [5.74, 6) is -2.54. The van der Waals surface area contributed by atoms with Crippen LogP contribution in [0.2, 0.25) is 0 Å². The van der Waals surface area contributed by atoms with Crippen molar-refractivity contribution in [3.63, 3.8) is 0 Å². The summed E-state index contributed by atoms with van der Waals surface area (Å²) in [5.41, 5.74) is -1.02. The average Bonchev–Trinajstić information content (AvgIpc) is 2.33. The third-order valence-electron chi connectivity index (χ3n) is 2.76. The minimum absolute atomic E-state index is 0.0784. The molecule has 1 aromatic carbocycles. The van der Waals surface area contributed by atoms with Crippen LogP contribution < -0.4 is 4.74 Å². The van der Waals surface area contributed by atoms with Gasteiger partial charge in [-0.2, -0.15) is 0 Å². The highest BCUT2D eigenvalue weighted by Gasteiger charge is 2.32. The second-order valence-corrected chi connectivity index (χ2v) is 5.27. The van der Waals surface area contributed by atoms with E-state index in [0.717, 1.165) is 11.0 Å². The molecule has 0 heterocycles. The van der Waals surface area contributed by atoms with E-state index in [1.54, 1.807) is 20.8 Å². The van der Waals surface area contributed by atoms with Gasteiger partial charge in [-0.15, -0.1) is 0 Å². The zero-order valence-electron chi connectivity index (χ0n) is 11.9. The standard InChI is InChI=1S/C14H18FNO4/c1-14(2,3)16(8-11(17)18)13(19)12-9(15)6-5-7-10(12)20-4/h5-7H,8H2,1-4H3,(H,17,18). The molecule has 0 aliphatic rings. The summed E-state index contributed by atoms with van der Waals surface area (Å²) in [6.45, 7) is 4.53. The Morgan fingerprint density at radius 2 is 1.95 bits per heavy atom. The first-order chi connectivity index (χ1) is 9.18. The molecule has 20 heavy (non-hydrogen) atoms. The lowest BCUT2D eigenvalue weighted by Gasteiger charge is -2.34. The highest BCUT2D eigenvalue weighted by Crippen LogP contribution is 2.26. The summed E-state index contributed by atoms with van der Waals surface area (Å²) in [5, 5.41) is 8.92. The SMILES string of the molecule is COc1cccc(F)c1C(=O)N(CC(=O)O)C(C)(C)C. The van der Waals surface area contributed by atoms with Crippen molar-refractivity contribution in [1.82, 2.24) is 4.90 Å². The molecule has 0 aliphatic heterocycles. The molecular weight excluding hydrogens is 265 g/mol. The molecule has 5 nitrogen and oxygen atoms in total. The summed E-state index contributed by atoms with van der Waals surface area (Å²) in [6.07, 6.45) is 0. The Kier molecular flexibility index (Phi) is 4.70. The van der Waals surface area contributed by atoms with Crippen LogP contribution in [0.1, 0.15) is 31.1 Å². The highest BCUT2D eigenvalue weighted by molar-refractivity contribution is 5.99. The van der Waals surface area contributed by atoms with Crippen molar-refractivity contribution in [2.45, 2.75) is 26.3 Å². The molecular formula is C14H18FNO4. The van der Waals surface area contributed by atoms with E-state index in [1.807, 2.05) is 0 Å². The van der Waals surface area contributed by atoms with Crippen molar-refractivity contribution in [2.75, 3.05) is 13.7 Å². The predicted molar refractivity (Wildman–Crippen MR) is 71.4 cm³/mol. The number of amides is 1. The minimum Gasteiger partial charge on any atom is -0.496 e. The second kappa shape index (κ2) is 5.90. The summed E-state index contributed by atoms with van der Waals surface area (Å²) >= 11 is 0. The van der Waals surface area contributed by atoms with Crippen LogP contribution in [0, 0.1) is 5.82 Å². The lowest BCUT2D eigenvalue weighted by molar-refractivity contribution is -0.138. The number of ether oxygens (including phenoxy) is 1. The highest BCUT2D eigenvalue weighted by atomic mass is 19.1. The molecule has 0 saturated heterocycles. The molecule has 0 radical (unpaired) electrons. The Morgan fingerprint density at radius 1 is 1.35 bits per heavy atom. The van der Waals surface area contributed by atoms with Gasteiger partial charge < -0.3 is 14.7 Å². The number of methoxy groups -OCH3 is 1. The van der Waals surface area contributed by atoms with Crippen LogP contribution >= 0.6 is 0 Å². The van der Waals surface area contributed by atoms with Gasteiger partial charge in [0.05, 0.1) is 7.11 Å². The maximum Gasteiger partial charge on any atom is 0.323 e. The van der Waals surface area contributed by atoms with E-state index in [2.05, 4.69) is 0 Å². The van der Waals surface area contributed by atoms with Gasteiger partial charge in [-0.1, -0.05) is 6.07 Å². The summed E-state index contributed by atoms with van der Waals surface area (Å²) in [6, 6.07) is 4.01. The van der Waals surface area contributed by atoms with Gasteiger partial charge in [0.1, 0.15) is 23.7 Å². The molecule has 0 saturated carbocycles. The van der Waals surface area contributed by atoms with E-state index in [-0.39, 0.29) is 11.3 Å². The summed E-state index contributed by atoms with van der Waals surface area (Å²) < 4.78 is 18.9.